The minimum atomic E-state index is -0.546. The summed E-state index contributed by atoms with van der Waals surface area (Å²) in [5, 5.41) is 2.58. The van der Waals surface area contributed by atoms with Crippen molar-refractivity contribution in [2.45, 2.75) is 25.4 Å². The summed E-state index contributed by atoms with van der Waals surface area (Å²) in [5.41, 5.74) is 5.55. The molecule has 4 nitrogen and oxygen atoms in total. The third-order valence-electron chi connectivity index (χ3n) is 1.58. The Morgan fingerprint density at radius 3 is 2.85 bits per heavy atom. The maximum Gasteiger partial charge on any atom is 0.237 e. The zero-order valence-electron chi connectivity index (χ0n) is 8.04. The van der Waals surface area contributed by atoms with Gasteiger partial charge in [-0.3, -0.25) is 4.79 Å². The predicted octanol–water partition coefficient (Wildman–Crippen LogP) is -0.512. The first-order valence-electron chi connectivity index (χ1n) is 4.12. The molecule has 0 aliphatic carbocycles. The molecule has 0 aromatic carbocycles. The molecule has 0 aromatic rings. The predicted molar refractivity (Wildman–Crippen MR) is 50.9 cm³/mol. The number of nitrogens with two attached hydrogens (primary N) is 1. The SMILES string of the molecule is C#CC(C)NC(=O)C(N)CCOC. The molecule has 0 radical (unpaired) electrons. The van der Waals surface area contributed by atoms with Gasteiger partial charge in [-0.2, -0.15) is 0 Å². The number of hydrogen-bond donors (Lipinski definition) is 2. The summed E-state index contributed by atoms with van der Waals surface area (Å²) in [6, 6.07) is -0.822. The van der Waals surface area contributed by atoms with E-state index >= 15 is 0 Å². The van der Waals surface area contributed by atoms with Crippen molar-refractivity contribution in [1.29, 1.82) is 0 Å². The van der Waals surface area contributed by atoms with Crippen LogP contribution in [0.4, 0.5) is 0 Å². The van der Waals surface area contributed by atoms with Gasteiger partial charge in [-0.05, 0) is 13.3 Å². The van der Waals surface area contributed by atoms with Gasteiger partial charge in [0.05, 0.1) is 12.1 Å². The average Bonchev–Trinajstić information content (AvgIpc) is 2.13. The third-order valence-corrected chi connectivity index (χ3v) is 1.58. The van der Waals surface area contributed by atoms with Gasteiger partial charge in [0.15, 0.2) is 0 Å². The molecule has 13 heavy (non-hydrogen) atoms. The largest absolute Gasteiger partial charge is 0.385 e. The summed E-state index contributed by atoms with van der Waals surface area (Å²) >= 11 is 0. The van der Waals surface area contributed by atoms with Crippen LogP contribution in [0.15, 0.2) is 0 Å². The van der Waals surface area contributed by atoms with Crippen molar-refractivity contribution >= 4 is 5.91 Å². The van der Waals surface area contributed by atoms with E-state index in [0.29, 0.717) is 13.0 Å². The zero-order chi connectivity index (χ0) is 10.3. The Morgan fingerprint density at radius 1 is 1.77 bits per heavy atom. The number of rotatable bonds is 5. The molecular formula is C9H16N2O2. The minimum absolute atomic E-state index is 0.234. The Kier molecular flexibility index (Phi) is 5.94. The second kappa shape index (κ2) is 6.46. The normalized spacial score (nSPS) is 14.3. The van der Waals surface area contributed by atoms with Crippen LogP contribution in [0.25, 0.3) is 0 Å². The van der Waals surface area contributed by atoms with Crippen LogP contribution in [-0.2, 0) is 9.53 Å². The first-order chi connectivity index (χ1) is 6.11. The summed E-state index contributed by atoms with van der Waals surface area (Å²) < 4.78 is 4.79. The van der Waals surface area contributed by atoms with E-state index in [1.54, 1.807) is 14.0 Å². The van der Waals surface area contributed by atoms with Crippen LogP contribution in [-0.4, -0.2) is 31.7 Å². The summed E-state index contributed by atoms with van der Waals surface area (Å²) in [7, 11) is 1.56. The van der Waals surface area contributed by atoms with E-state index < -0.39 is 6.04 Å². The van der Waals surface area contributed by atoms with Gasteiger partial charge < -0.3 is 15.8 Å². The molecule has 74 valence electrons. The van der Waals surface area contributed by atoms with Crippen LogP contribution >= 0.6 is 0 Å². The molecule has 0 heterocycles. The Labute approximate surface area is 78.8 Å². The zero-order valence-corrected chi connectivity index (χ0v) is 8.04. The molecule has 0 bridgehead atoms. The van der Waals surface area contributed by atoms with Gasteiger partial charge in [-0.15, -0.1) is 6.42 Å². The van der Waals surface area contributed by atoms with Crippen LogP contribution in [0.2, 0.25) is 0 Å². The third kappa shape index (κ3) is 5.23. The second-order valence-corrected chi connectivity index (χ2v) is 2.78. The van der Waals surface area contributed by atoms with Crippen molar-refractivity contribution in [3.63, 3.8) is 0 Å². The van der Waals surface area contributed by atoms with Gasteiger partial charge in [-0.1, -0.05) is 5.92 Å². The summed E-state index contributed by atoms with van der Waals surface area (Å²) in [4.78, 5) is 11.2. The Balaban J connectivity index is 3.77. The molecule has 0 saturated heterocycles. The summed E-state index contributed by atoms with van der Waals surface area (Å²) in [6.45, 7) is 2.19. The monoisotopic (exact) mass is 184 g/mol. The van der Waals surface area contributed by atoms with E-state index in [1.807, 2.05) is 0 Å². The second-order valence-electron chi connectivity index (χ2n) is 2.78. The van der Waals surface area contributed by atoms with Crippen molar-refractivity contribution in [2.75, 3.05) is 13.7 Å². The summed E-state index contributed by atoms with van der Waals surface area (Å²) in [6.07, 6.45) is 5.59. The topological polar surface area (TPSA) is 64.4 Å². The fourth-order valence-corrected chi connectivity index (χ4v) is 0.738. The fourth-order valence-electron chi connectivity index (χ4n) is 0.738. The van der Waals surface area contributed by atoms with Crippen molar-refractivity contribution < 1.29 is 9.53 Å². The molecule has 0 saturated carbocycles. The quantitative estimate of drug-likeness (QED) is 0.565. The van der Waals surface area contributed by atoms with Crippen LogP contribution in [0, 0.1) is 12.3 Å². The first kappa shape index (κ1) is 11.9. The van der Waals surface area contributed by atoms with Crippen molar-refractivity contribution in [3.8, 4) is 12.3 Å². The van der Waals surface area contributed by atoms with Gasteiger partial charge in [0.2, 0.25) is 5.91 Å². The molecule has 0 aliphatic rings. The van der Waals surface area contributed by atoms with Gasteiger partial charge in [-0.25, -0.2) is 0 Å². The van der Waals surface area contributed by atoms with Gasteiger partial charge >= 0.3 is 0 Å². The minimum Gasteiger partial charge on any atom is -0.385 e. The molecule has 2 atom stereocenters. The molecule has 1 amide bonds. The van der Waals surface area contributed by atoms with Gasteiger partial charge in [0.1, 0.15) is 0 Å². The highest BCUT2D eigenvalue weighted by Crippen LogP contribution is 1.90. The first-order valence-corrected chi connectivity index (χ1v) is 4.12. The lowest BCUT2D eigenvalue weighted by molar-refractivity contribution is -0.123. The number of ether oxygens (including phenoxy) is 1. The summed E-state index contributed by atoms with van der Waals surface area (Å²) in [5.74, 6) is 2.15. The number of terminal acetylenes is 1. The van der Waals surface area contributed by atoms with E-state index in [4.69, 9.17) is 16.9 Å². The molecule has 3 N–H and O–H groups in total. The number of hydrogen-bond acceptors (Lipinski definition) is 3. The van der Waals surface area contributed by atoms with Crippen LogP contribution in [0.5, 0.6) is 0 Å². The number of amides is 1. The lowest BCUT2D eigenvalue weighted by atomic mass is 10.2. The number of carbonyl (C=O) groups is 1. The van der Waals surface area contributed by atoms with Crippen molar-refractivity contribution in [3.05, 3.63) is 0 Å². The van der Waals surface area contributed by atoms with Gasteiger partial charge in [0, 0.05) is 13.7 Å². The molecule has 4 heteroatoms. The van der Waals surface area contributed by atoms with E-state index in [-0.39, 0.29) is 11.9 Å². The highest BCUT2D eigenvalue weighted by atomic mass is 16.5. The Hall–Kier alpha value is -1.05. The lowest BCUT2D eigenvalue weighted by Crippen LogP contribution is -2.44. The van der Waals surface area contributed by atoms with E-state index in [2.05, 4.69) is 11.2 Å². The highest BCUT2D eigenvalue weighted by Gasteiger charge is 2.13. The highest BCUT2D eigenvalue weighted by molar-refractivity contribution is 5.81. The van der Waals surface area contributed by atoms with Crippen molar-refractivity contribution in [1.82, 2.24) is 5.32 Å². The Bertz CT molecular complexity index is 198. The van der Waals surface area contributed by atoms with E-state index in [0.717, 1.165) is 0 Å². The smallest absolute Gasteiger partial charge is 0.237 e. The van der Waals surface area contributed by atoms with Crippen LogP contribution in [0.3, 0.4) is 0 Å². The van der Waals surface area contributed by atoms with E-state index in [9.17, 15) is 4.79 Å². The lowest BCUT2D eigenvalue weighted by Gasteiger charge is -2.13. The molecule has 2 unspecified atom stereocenters. The standard InChI is InChI=1S/C9H16N2O2/c1-4-7(2)11-9(12)8(10)5-6-13-3/h1,7-8H,5-6,10H2,2-3H3,(H,11,12). The molecule has 0 aromatic heterocycles. The Morgan fingerprint density at radius 2 is 2.38 bits per heavy atom. The maximum atomic E-state index is 11.2. The van der Waals surface area contributed by atoms with Gasteiger partial charge in [0.25, 0.3) is 0 Å². The van der Waals surface area contributed by atoms with Crippen LogP contribution in [0.1, 0.15) is 13.3 Å². The number of nitrogens with one attached hydrogen (secondary N) is 1. The molecular weight excluding hydrogens is 168 g/mol. The molecule has 0 fully saturated rings. The fraction of sp³-hybridized carbons (Fsp3) is 0.667. The number of carbonyl (C=O) groups excluding carboxylic acids is 1. The maximum absolute atomic E-state index is 11.2. The number of methoxy groups -OCH3 is 1. The van der Waals surface area contributed by atoms with E-state index in [1.165, 1.54) is 0 Å². The molecule has 0 rings (SSSR count). The van der Waals surface area contributed by atoms with Crippen LogP contribution < -0.4 is 11.1 Å². The average molecular weight is 184 g/mol. The van der Waals surface area contributed by atoms with Crippen molar-refractivity contribution in [2.24, 2.45) is 5.73 Å². The molecule has 0 spiro atoms. The molecule has 0 aliphatic heterocycles.